The maximum absolute atomic E-state index is 13.1. The standard InChI is InChI=1S/C22H24N2OS/c1-22(2,3)16-12-10-15(11-13-16)21(25)24-14-6-8-18(24)20-23-17-7-4-5-9-19(17)26-20/h4-5,7,9-13,18H,6,8,14H2,1-3H3/t18-/m0/s1. The van der Waals surface area contributed by atoms with Crippen LogP contribution in [0.4, 0.5) is 0 Å². The lowest BCUT2D eigenvalue weighted by atomic mass is 9.86. The number of hydrogen-bond donors (Lipinski definition) is 0. The molecule has 4 heteroatoms. The number of likely N-dealkylation sites (tertiary alicyclic amines) is 1. The topological polar surface area (TPSA) is 33.2 Å². The van der Waals surface area contributed by atoms with Crippen LogP contribution in [-0.4, -0.2) is 22.3 Å². The number of aromatic nitrogens is 1. The molecule has 0 bridgehead atoms. The second kappa shape index (κ2) is 6.51. The minimum absolute atomic E-state index is 0.0960. The molecule has 4 rings (SSSR count). The molecule has 0 aliphatic carbocycles. The Bertz CT molecular complexity index is 904. The molecule has 3 nitrogen and oxygen atoms in total. The van der Waals surface area contributed by atoms with E-state index in [1.54, 1.807) is 11.3 Å². The summed E-state index contributed by atoms with van der Waals surface area (Å²) in [6, 6.07) is 16.4. The van der Waals surface area contributed by atoms with Crippen LogP contribution in [0.15, 0.2) is 48.5 Å². The van der Waals surface area contributed by atoms with E-state index in [1.165, 1.54) is 10.3 Å². The van der Waals surface area contributed by atoms with E-state index >= 15 is 0 Å². The molecule has 2 heterocycles. The molecule has 134 valence electrons. The lowest BCUT2D eigenvalue weighted by Gasteiger charge is -2.24. The molecule has 0 spiro atoms. The van der Waals surface area contributed by atoms with E-state index in [-0.39, 0.29) is 17.4 Å². The monoisotopic (exact) mass is 364 g/mol. The van der Waals surface area contributed by atoms with Crippen molar-refractivity contribution in [3.63, 3.8) is 0 Å². The zero-order chi connectivity index (χ0) is 18.3. The summed E-state index contributed by atoms with van der Waals surface area (Å²) < 4.78 is 1.19. The molecule has 26 heavy (non-hydrogen) atoms. The van der Waals surface area contributed by atoms with Gasteiger partial charge in [0.25, 0.3) is 5.91 Å². The number of benzene rings is 2. The average molecular weight is 365 g/mol. The summed E-state index contributed by atoms with van der Waals surface area (Å²) in [7, 11) is 0. The van der Waals surface area contributed by atoms with Crippen molar-refractivity contribution in [1.82, 2.24) is 9.88 Å². The first kappa shape index (κ1) is 17.2. The van der Waals surface area contributed by atoms with E-state index < -0.39 is 0 Å². The molecule has 1 aromatic heterocycles. The fraction of sp³-hybridized carbons (Fsp3) is 0.364. The van der Waals surface area contributed by atoms with Gasteiger partial charge in [-0.05, 0) is 48.1 Å². The highest BCUT2D eigenvalue weighted by molar-refractivity contribution is 7.18. The summed E-state index contributed by atoms with van der Waals surface area (Å²) in [5, 5.41) is 1.06. The number of fused-ring (bicyclic) bond motifs is 1. The molecule has 0 saturated carbocycles. The fourth-order valence-corrected chi connectivity index (χ4v) is 4.69. The summed E-state index contributed by atoms with van der Waals surface area (Å²) >= 11 is 1.71. The Morgan fingerprint density at radius 1 is 1.12 bits per heavy atom. The first-order valence-corrected chi connectivity index (χ1v) is 10.0. The van der Waals surface area contributed by atoms with Crippen molar-refractivity contribution >= 4 is 27.5 Å². The van der Waals surface area contributed by atoms with Gasteiger partial charge in [-0.1, -0.05) is 45.0 Å². The van der Waals surface area contributed by atoms with Gasteiger partial charge in [-0.25, -0.2) is 4.98 Å². The molecule has 1 atom stereocenters. The lowest BCUT2D eigenvalue weighted by molar-refractivity contribution is 0.0735. The third-order valence-electron chi connectivity index (χ3n) is 5.11. The van der Waals surface area contributed by atoms with Crippen LogP contribution in [0.25, 0.3) is 10.2 Å². The molecule has 1 amide bonds. The Hall–Kier alpha value is -2.20. The Morgan fingerprint density at radius 2 is 1.85 bits per heavy atom. The highest BCUT2D eigenvalue weighted by Crippen LogP contribution is 2.37. The van der Waals surface area contributed by atoms with Crippen LogP contribution < -0.4 is 0 Å². The lowest BCUT2D eigenvalue weighted by Crippen LogP contribution is -2.30. The minimum Gasteiger partial charge on any atom is -0.329 e. The van der Waals surface area contributed by atoms with Gasteiger partial charge in [0.15, 0.2) is 0 Å². The second-order valence-corrected chi connectivity index (χ2v) is 9.07. The number of thiazole rings is 1. The second-order valence-electron chi connectivity index (χ2n) is 8.00. The van der Waals surface area contributed by atoms with Crippen molar-refractivity contribution in [3.05, 3.63) is 64.7 Å². The van der Waals surface area contributed by atoms with E-state index in [2.05, 4.69) is 39.0 Å². The van der Waals surface area contributed by atoms with Gasteiger partial charge in [-0.15, -0.1) is 11.3 Å². The van der Waals surface area contributed by atoms with Gasteiger partial charge in [0, 0.05) is 12.1 Å². The molecular formula is C22H24N2OS. The average Bonchev–Trinajstić information content (AvgIpc) is 3.26. The van der Waals surface area contributed by atoms with Crippen molar-refractivity contribution in [1.29, 1.82) is 0 Å². The maximum Gasteiger partial charge on any atom is 0.254 e. The number of carbonyl (C=O) groups is 1. The molecule has 0 unspecified atom stereocenters. The van der Waals surface area contributed by atoms with Gasteiger partial charge < -0.3 is 4.90 Å². The number of para-hydroxylation sites is 1. The predicted octanol–water partition coefficient (Wildman–Crippen LogP) is 5.57. The third-order valence-corrected chi connectivity index (χ3v) is 6.24. The molecule has 1 aliphatic rings. The number of amides is 1. The zero-order valence-corrected chi connectivity index (χ0v) is 16.3. The molecule has 1 saturated heterocycles. The van der Waals surface area contributed by atoms with Gasteiger partial charge in [0.2, 0.25) is 0 Å². The van der Waals surface area contributed by atoms with Crippen LogP contribution in [0.2, 0.25) is 0 Å². The van der Waals surface area contributed by atoms with Gasteiger partial charge in [-0.2, -0.15) is 0 Å². The normalized spacial score (nSPS) is 17.8. The zero-order valence-electron chi connectivity index (χ0n) is 15.5. The molecule has 3 aromatic rings. The Kier molecular flexibility index (Phi) is 4.31. The highest BCUT2D eigenvalue weighted by atomic mass is 32.1. The first-order chi connectivity index (χ1) is 12.4. The van der Waals surface area contributed by atoms with Gasteiger partial charge in [0.05, 0.1) is 16.3 Å². The van der Waals surface area contributed by atoms with Crippen LogP contribution >= 0.6 is 11.3 Å². The van der Waals surface area contributed by atoms with E-state index in [0.717, 1.165) is 35.5 Å². The number of nitrogens with zero attached hydrogens (tertiary/aromatic N) is 2. The largest absolute Gasteiger partial charge is 0.329 e. The quantitative estimate of drug-likeness (QED) is 0.595. The van der Waals surface area contributed by atoms with E-state index in [4.69, 9.17) is 4.98 Å². The van der Waals surface area contributed by atoms with Crippen molar-refractivity contribution < 1.29 is 4.79 Å². The molecule has 1 aliphatic heterocycles. The van der Waals surface area contributed by atoms with Gasteiger partial charge >= 0.3 is 0 Å². The number of carbonyl (C=O) groups excluding carboxylic acids is 1. The van der Waals surface area contributed by atoms with E-state index in [0.29, 0.717) is 0 Å². The van der Waals surface area contributed by atoms with Crippen LogP contribution in [-0.2, 0) is 5.41 Å². The van der Waals surface area contributed by atoms with Crippen LogP contribution in [0.1, 0.15) is 60.6 Å². The fourth-order valence-electron chi connectivity index (χ4n) is 3.58. The van der Waals surface area contributed by atoms with Gasteiger partial charge in [-0.3, -0.25) is 4.79 Å². The smallest absolute Gasteiger partial charge is 0.254 e. The Morgan fingerprint density at radius 3 is 2.54 bits per heavy atom. The highest BCUT2D eigenvalue weighted by Gasteiger charge is 2.32. The van der Waals surface area contributed by atoms with Crippen molar-refractivity contribution in [3.8, 4) is 0 Å². The summed E-state index contributed by atoms with van der Waals surface area (Å²) in [4.78, 5) is 19.9. The first-order valence-electron chi connectivity index (χ1n) is 9.20. The van der Waals surface area contributed by atoms with Crippen LogP contribution in [0.3, 0.4) is 0 Å². The predicted molar refractivity (Wildman–Crippen MR) is 108 cm³/mol. The number of rotatable bonds is 2. The van der Waals surface area contributed by atoms with Crippen LogP contribution in [0, 0.1) is 0 Å². The molecule has 2 aromatic carbocycles. The third kappa shape index (κ3) is 3.14. The molecule has 0 radical (unpaired) electrons. The van der Waals surface area contributed by atoms with Crippen molar-refractivity contribution in [2.45, 2.75) is 45.1 Å². The SMILES string of the molecule is CC(C)(C)c1ccc(C(=O)N2CCC[C@H]2c2nc3ccccc3s2)cc1. The van der Waals surface area contributed by atoms with Crippen LogP contribution in [0.5, 0.6) is 0 Å². The summed E-state index contributed by atoms with van der Waals surface area (Å²) in [5.74, 6) is 0.118. The van der Waals surface area contributed by atoms with Crippen molar-refractivity contribution in [2.75, 3.05) is 6.54 Å². The minimum atomic E-state index is 0.0960. The summed E-state index contributed by atoms with van der Waals surface area (Å²) in [6.45, 7) is 7.37. The molecular weight excluding hydrogens is 340 g/mol. The Labute approximate surface area is 158 Å². The summed E-state index contributed by atoms with van der Waals surface area (Å²) in [5.41, 5.74) is 3.14. The van der Waals surface area contributed by atoms with Gasteiger partial charge in [0.1, 0.15) is 5.01 Å². The number of hydrogen-bond acceptors (Lipinski definition) is 3. The molecule has 0 N–H and O–H groups in total. The van der Waals surface area contributed by atoms with E-state index in [1.807, 2.05) is 35.2 Å². The Balaban J connectivity index is 1.60. The molecule has 1 fully saturated rings. The van der Waals surface area contributed by atoms with E-state index in [9.17, 15) is 4.79 Å². The maximum atomic E-state index is 13.1. The van der Waals surface area contributed by atoms with Crippen molar-refractivity contribution in [2.24, 2.45) is 0 Å². The summed E-state index contributed by atoms with van der Waals surface area (Å²) in [6.07, 6.45) is 2.03.